The zero-order valence-electron chi connectivity index (χ0n) is 24.3. The van der Waals surface area contributed by atoms with Gasteiger partial charge in [0.1, 0.15) is 18.3 Å². The van der Waals surface area contributed by atoms with Gasteiger partial charge in [0.2, 0.25) is 11.8 Å². The number of benzene rings is 3. The molecule has 224 valence electrons. The Morgan fingerprint density at radius 1 is 1.02 bits per heavy atom. The summed E-state index contributed by atoms with van der Waals surface area (Å²) < 4.78 is 34.6. The fraction of sp³-hybridized carbons (Fsp3) is 0.375. The van der Waals surface area contributed by atoms with Crippen molar-refractivity contribution >= 4 is 39.1 Å². The van der Waals surface area contributed by atoms with Crippen LogP contribution in [0, 0.1) is 6.92 Å². The van der Waals surface area contributed by atoms with Gasteiger partial charge < -0.3 is 15.0 Å². The summed E-state index contributed by atoms with van der Waals surface area (Å²) in [6, 6.07) is 19.4. The van der Waals surface area contributed by atoms with Gasteiger partial charge in [-0.05, 0) is 67.6 Å². The van der Waals surface area contributed by atoms with E-state index in [0.717, 1.165) is 41.1 Å². The van der Waals surface area contributed by atoms with Crippen LogP contribution < -0.4 is 14.4 Å². The second kappa shape index (κ2) is 14.1. The van der Waals surface area contributed by atoms with Gasteiger partial charge >= 0.3 is 0 Å². The van der Waals surface area contributed by atoms with Gasteiger partial charge in [-0.3, -0.25) is 13.9 Å². The lowest BCUT2D eigenvalue weighted by atomic mass is 10.1. The van der Waals surface area contributed by atoms with Crippen molar-refractivity contribution in [2.75, 3.05) is 18.0 Å². The largest absolute Gasteiger partial charge is 0.495 e. The number of halogens is 1. The maximum absolute atomic E-state index is 14.3. The molecule has 0 aromatic heterocycles. The number of hydrogen-bond acceptors (Lipinski definition) is 5. The monoisotopic (exact) mass is 611 g/mol. The van der Waals surface area contributed by atoms with Gasteiger partial charge in [0.05, 0.1) is 17.7 Å². The van der Waals surface area contributed by atoms with Crippen molar-refractivity contribution in [3.05, 3.63) is 88.9 Å². The molecule has 0 aliphatic heterocycles. The van der Waals surface area contributed by atoms with Crippen LogP contribution in [0.15, 0.2) is 77.7 Å². The van der Waals surface area contributed by atoms with Crippen LogP contribution in [0.3, 0.4) is 0 Å². The van der Waals surface area contributed by atoms with Crippen LogP contribution in [-0.4, -0.2) is 50.9 Å². The number of nitrogens with one attached hydrogen (secondary N) is 1. The van der Waals surface area contributed by atoms with E-state index in [4.69, 9.17) is 16.3 Å². The number of carbonyl (C=O) groups excluding carboxylic acids is 2. The number of ether oxygens (including phenoxy) is 1. The molecule has 3 aromatic carbocycles. The topological polar surface area (TPSA) is 96.0 Å². The van der Waals surface area contributed by atoms with Crippen molar-refractivity contribution in [3.8, 4) is 5.75 Å². The van der Waals surface area contributed by atoms with Crippen molar-refractivity contribution in [1.82, 2.24) is 10.2 Å². The molecule has 1 aliphatic rings. The lowest BCUT2D eigenvalue weighted by molar-refractivity contribution is -0.140. The summed E-state index contributed by atoms with van der Waals surface area (Å²) in [4.78, 5) is 29.4. The Morgan fingerprint density at radius 3 is 2.33 bits per heavy atom. The van der Waals surface area contributed by atoms with E-state index in [-0.39, 0.29) is 39.8 Å². The van der Waals surface area contributed by atoms with E-state index in [0.29, 0.717) is 6.42 Å². The van der Waals surface area contributed by atoms with Crippen LogP contribution in [0.1, 0.15) is 50.2 Å². The summed E-state index contributed by atoms with van der Waals surface area (Å²) in [5.41, 5.74) is 1.96. The quantitative estimate of drug-likeness (QED) is 0.283. The maximum Gasteiger partial charge on any atom is 0.264 e. The van der Waals surface area contributed by atoms with Crippen molar-refractivity contribution in [2.24, 2.45) is 0 Å². The number of aryl methyl sites for hydroxylation is 1. The molecular weight excluding hydrogens is 574 g/mol. The van der Waals surface area contributed by atoms with E-state index in [1.165, 1.54) is 30.2 Å². The second-order valence-electron chi connectivity index (χ2n) is 10.5. The third-order valence-corrected chi connectivity index (χ3v) is 9.72. The van der Waals surface area contributed by atoms with E-state index < -0.39 is 28.5 Å². The highest BCUT2D eigenvalue weighted by Gasteiger charge is 2.35. The first-order chi connectivity index (χ1) is 20.1. The molecule has 1 fully saturated rings. The van der Waals surface area contributed by atoms with Gasteiger partial charge in [-0.25, -0.2) is 8.42 Å². The average Bonchev–Trinajstić information content (AvgIpc) is 3.50. The molecule has 1 aliphatic carbocycles. The van der Waals surface area contributed by atoms with Crippen LogP contribution >= 0.6 is 11.6 Å². The Bertz CT molecular complexity index is 1490. The predicted octanol–water partition coefficient (Wildman–Crippen LogP) is 5.72. The average molecular weight is 612 g/mol. The molecule has 1 saturated carbocycles. The number of sulfonamides is 1. The Kier molecular flexibility index (Phi) is 10.5. The number of rotatable bonds is 12. The fourth-order valence-corrected chi connectivity index (χ4v) is 6.95. The minimum Gasteiger partial charge on any atom is -0.495 e. The van der Waals surface area contributed by atoms with Gasteiger partial charge in [0.15, 0.2) is 0 Å². The van der Waals surface area contributed by atoms with Crippen molar-refractivity contribution in [2.45, 2.75) is 69.5 Å². The minimum atomic E-state index is -4.24. The zero-order chi connectivity index (χ0) is 30.3. The van der Waals surface area contributed by atoms with Gasteiger partial charge in [0.25, 0.3) is 10.0 Å². The van der Waals surface area contributed by atoms with Crippen LogP contribution in [0.2, 0.25) is 5.02 Å². The summed E-state index contributed by atoms with van der Waals surface area (Å²) in [5.74, 6) is -0.513. The zero-order valence-corrected chi connectivity index (χ0v) is 25.8. The number of methoxy groups -OCH3 is 1. The number of anilines is 1. The molecular formula is C32H38ClN3O5S. The summed E-state index contributed by atoms with van der Waals surface area (Å²) in [6.07, 6.45) is 4.29. The van der Waals surface area contributed by atoms with E-state index in [1.54, 1.807) is 30.3 Å². The summed E-state index contributed by atoms with van der Waals surface area (Å²) >= 11 is 6.31. The third kappa shape index (κ3) is 7.25. The summed E-state index contributed by atoms with van der Waals surface area (Å²) in [5, 5.41) is 3.41. The molecule has 0 heterocycles. The SMILES string of the molecule is CCC(C(=O)NC1CCCC1)N(Cc1ccccc1C)C(=O)CN(c1cc(Cl)ccc1OC)S(=O)(=O)c1ccccc1. The number of amides is 2. The highest BCUT2D eigenvalue weighted by Crippen LogP contribution is 2.35. The fourth-order valence-electron chi connectivity index (χ4n) is 5.35. The van der Waals surface area contributed by atoms with E-state index >= 15 is 0 Å². The van der Waals surface area contributed by atoms with E-state index in [9.17, 15) is 18.0 Å². The molecule has 0 saturated heterocycles. The Hall–Kier alpha value is -3.56. The molecule has 10 heteroatoms. The van der Waals surface area contributed by atoms with Crippen LogP contribution in [0.4, 0.5) is 5.69 Å². The van der Waals surface area contributed by atoms with E-state index in [2.05, 4.69) is 5.32 Å². The summed E-state index contributed by atoms with van der Waals surface area (Å²) in [6.45, 7) is 3.39. The van der Waals surface area contributed by atoms with Crippen LogP contribution in [0.5, 0.6) is 5.75 Å². The van der Waals surface area contributed by atoms with Crippen molar-refractivity contribution in [3.63, 3.8) is 0 Å². The first kappa shape index (κ1) is 31.4. The van der Waals surface area contributed by atoms with Crippen molar-refractivity contribution < 1.29 is 22.7 Å². The number of nitrogens with zero attached hydrogens (tertiary/aromatic N) is 2. The molecule has 8 nitrogen and oxygen atoms in total. The van der Waals surface area contributed by atoms with Crippen LogP contribution in [0.25, 0.3) is 0 Å². The number of hydrogen-bond donors (Lipinski definition) is 1. The predicted molar refractivity (Wildman–Crippen MR) is 165 cm³/mol. The lowest BCUT2D eigenvalue weighted by Gasteiger charge is -2.34. The maximum atomic E-state index is 14.3. The van der Waals surface area contributed by atoms with Gasteiger partial charge in [0, 0.05) is 17.6 Å². The van der Waals surface area contributed by atoms with E-state index in [1.807, 2.05) is 38.1 Å². The molecule has 1 unspecified atom stereocenters. The van der Waals surface area contributed by atoms with Gasteiger partial charge in [-0.2, -0.15) is 0 Å². The highest BCUT2D eigenvalue weighted by molar-refractivity contribution is 7.92. The molecule has 0 radical (unpaired) electrons. The summed E-state index contributed by atoms with van der Waals surface area (Å²) in [7, 11) is -2.81. The minimum absolute atomic E-state index is 0.0105. The van der Waals surface area contributed by atoms with Gasteiger partial charge in [-0.1, -0.05) is 73.8 Å². The molecule has 0 spiro atoms. The second-order valence-corrected chi connectivity index (χ2v) is 12.8. The highest BCUT2D eigenvalue weighted by atomic mass is 35.5. The lowest BCUT2D eigenvalue weighted by Crippen LogP contribution is -2.53. The molecule has 0 bridgehead atoms. The third-order valence-electron chi connectivity index (χ3n) is 7.71. The van der Waals surface area contributed by atoms with Gasteiger partial charge in [-0.15, -0.1) is 0 Å². The normalized spacial score (nSPS) is 14.3. The Labute approximate surface area is 253 Å². The number of carbonyl (C=O) groups is 2. The molecule has 42 heavy (non-hydrogen) atoms. The molecule has 3 aromatic rings. The molecule has 1 atom stereocenters. The Morgan fingerprint density at radius 2 is 1.69 bits per heavy atom. The van der Waals surface area contributed by atoms with Crippen LogP contribution in [-0.2, 0) is 26.2 Å². The Balaban J connectivity index is 1.77. The smallest absolute Gasteiger partial charge is 0.264 e. The standard InChI is InChI=1S/C32H38ClN3O5S/c1-4-28(32(38)34-26-14-10-11-15-26)35(21-24-13-9-8-12-23(24)2)31(37)22-36(29-20-25(33)18-19-30(29)41-3)42(39,40)27-16-6-5-7-17-27/h5-9,12-13,16-20,26,28H,4,10-11,14-15,21-22H2,1-3H3,(H,34,38). The molecule has 4 rings (SSSR count). The first-order valence-electron chi connectivity index (χ1n) is 14.2. The first-order valence-corrected chi connectivity index (χ1v) is 16.0. The molecule has 2 amide bonds. The molecule has 1 N–H and O–H groups in total. The van der Waals surface area contributed by atoms with Crippen molar-refractivity contribution in [1.29, 1.82) is 0 Å².